The number of para-hydroxylation sites is 1. The van der Waals surface area contributed by atoms with Gasteiger partial charge in [0.1, 0.15) is 0 Å². The Hall–Kier alpha value is -2.36. The summed E-state index contributed by atoms with van der Waals surface area (Å²) in [6, 6.07) is 12.1. The van der Waals surface area contributed by atoms with Crippen LogP contribution in [0.4, 0.5) is 5.69 Å². The van der Waals surface area contributed by atoms with Crippen molar-refractivity contribution < 1.29 is 13.3 Å². The second-order valence-electron chi connectivity index (χ2n) is 5.63. The molecule has 27 heavy (non-hydrogen) atoms. The summed E-state index contributed by atoms with van der Waals surface area (Å²) in [7, 11) is -3.91. The Kier molecular flexibility index (Phi) is 5.27. The van der Waals surface area contributed by atoms with Crippen molar-refractivity contribution in [2.24, 2.45) is 0 Å². The fraction of sp³-hybridized carbons (Fsp3) is 0.118. The molecule has 1 aromatic heterocycles. The van der Waals surface area contributed by atoms with Gasteiger partial charge in [-0.25, -0.2) is 0 Å². The first-order valence-corrected chi connectivity index (χ1v) is 10.3. The number of benzene rings is 2. The highest BCUT2D eigenvalue weighted by atomic mass is 35.5. The van der Waals surface area contributed by atoms with Gasteiger partial charge in [0.15, 0.2) is 0 Å². The molecule has 3 rings (SSSR count). The number of halogens is 1. The van der Waals surface area contributed by atoms with E-state index in [-0.39, 0.29) is 10.6 Å². The molecule has 0 radical (unpaired) electrons. The molecule has 0 atom stereocenters. The van der Waals surface area contributed by atoms with Gasteiger partial charge in [-0.05, 0) is 44.2 Å². The summed E-state index contributed by atoms with van der Waals surface area (Å²) >= 11 is 6.94. The molecule has 7 nitrogen and oxygen atoms in total. The van der Waals surface area contributed by atoms with Gasteiger partial charge in [0.05, 0.1) is 31.0 Å². The van der Waals surface area contributed by atoms with E-state index in [0.29, 0.717) is 26.2 Å². The number of rotatable bonds is 5. The van der Waals surface area contributed by atoms with Crippen molar-refractivity contribution in [3.63, 3.8) is 0 Å². The van der Waals surface area contributed by atoms with Crippen LogP contribution in [0.25, 0.3) is 0 Å². The molecule has 1 heterocycles. The van der Waals surface area contributed by atoms with Crippen LogP contribution in [0.15, 0.2) is 63.2 Å². The third-order valence-electron chi connectivity index (χ3n) is 3.80. The Bertz CT molecular complexity index is 1130. The molecule has 0 bridgehead atoms. The van der Waals surface area contributed by atoms with Gasteiger partial charge >= 0.3 is 0 Å². The molecular weight excluding hydrogens is 410 g/mol. The maximum absolute atomic E-state index is 12.9. The van der Waals surface area contributed by atoms with E-state index in [1.54, 1.807) is 32.0 Å². The molecule has 140 valence electrons. The van der Waals surface area contributed by atoms with Gasteiger partial charge in [0, 0.05) is 11.1 Å². The molecule has 0 spiro atoms. The highest BCUT2D eigenvalue weighted by Crippen LogP contribution is 2.38. The van der Waals surface area contributed by atoms with Gasteiger partial charge in [-0.1, -0.05) is 35.5 Å². The molecule has 0 amide bonds. The summed E-state index contributed by atoms with van der Waals surface area (Å²) in [4.78, 5) is 11.8. The van der Waals surface area contributed by atoms with Crippen molar-refractivity contribution >= 4 is 39.1 Å². The Morgan fingerprint density at radius 1 is 1.11 bits per heavy atom. The summed E-state index contributed by atoms with van der Waals surface area (Å²) in [5, 5.41) is 15.8. The molecule has 3 aromatic rings. The third kappa shape index (κ3) is 3.71. The van der Waals surface area contributed by atoms with Gasteiger partial charge in [-0.2, -0.15) is 17.6 Å². The van der Waals surface area contributed by atoms with Crippen LogP contribution < -0.4 is 0 Å². The minimum Gasteiger partial charge on any atom is -0.258 e. The summed E-state index contributed by atoms with van der Waals surface area (Å²) < 4.78 is 26.7. The predicted molar refractivity (Wildman–Crippen MR) is 103 cm³/mol. The summed E-state index contributed by atoms with van der Waals surface area (Å²) in [5.74, 6) is 0. The smallest absolute Gasteiger partial charge is 0.258 e. The minimum absolute atomic E-state index is 0.0467. The van der Waals surface area contributed by atoms with Crippen molar-refractivity contribution in [3.05, 3.63) is 75.1 Å². The van der Waals surface area contributed by atoms with Crippen LogP contribution in [-0.4, -0.2) is 22.5 Å². The van der Waals surface area contributed by atoms with Gasteiger partial charge in [-0.3, -0.25) is 10.1 Å². The molecule has 0 fully saturated rings. The van der Waals surface area contributed by atoms with Crippen LogP contribution in [0.3, 0.4) is 0 Å². The summed E-state index contributed by atoms with van der Waals surface area (Å²) in [5.41, 5.74) is 0.799. The van der Waals surface area contributed by atoms with Crippen LogP contribution in [0, 0.1) is 24.0 Å². The zero-order valence-electron chi connectivity index (χ0n) is 14.3. The second-order valence-corrected chi connectivity index (χ2v) is 8.88. The molecule has 0 aliphatic rings. The van der Waals surface area contributed by atoms with E-state index in [0.717, 1.165) is 15.8 Å². The van der Waals surface area contributed by atoms with Crippen molar-refractivity contribution in [3.8, 4) is 0 Å². The monoisotopic (exact) mass is 423 g/mol. The van der Waals surface area contributed by atoms with Crippen molar-refractivity contribution in [1.29, 1.82) is 0 Å². The number of aromatic nitrogens is 2. The number of aryl methyl sites for hydroxylation is 1. The highest BCUT2D eigenvalue weighted by Gasteiger charge is 2.25. The number of nitro groups is 1. The van der Waals surface area contributed by atoms with Crippen LogP contribution in [0.2, 0.25) is 5.02 Å². The SMILES string of the molecule is Cc1nn(S(=O)(=O)c2ccc(Cl)cc2)c(C)c1Sc1ccccc1[N+](=O)[O-]. The van der Waals surface area contributed by atoms with E-state index in [1.807, 2.05) is 0 Å². The van der Waals surface area contributed by atoms with Gasteiger partial charge in [-0.15, -0.1) is 0 Å². The zero-order valence-corrected chi connectivity index (χ0v) is 16.7. The summed E-state index contributed by atoms with van der Waals surface area (Å²) in [6.07, 6.45) is 0. The highest BCUT2D eigenvalue weighted by molar-refractivity contribution is 7.99. The van der Waals surface area contributed by atoms with E-state index in [2.05, 4.69) is 5.10 Å². The predicted octanol–water partition coefficient (Wildman–Crippen LogP) is 4.45. The van der Waals surface area contributed by atoms with Crippen LogP contribution in [0.5, 0.6) is 0 Å². The normalized spacial score (nSPS) is 11.5. The summed E-state index contributed by atoms with van der Waals surface area (Å²) in [6.45, 7) is 3.28. The molecule has 10 heteroatoms. The number of hydrogen-bond donors (Lipinski definition) is 0. The van der Waals surface area contributed by atoms with Crippen molar-refractivity contribution in [1.82, 2.24) is 9.19 Å². The maximum atomic E-state index is 12.9. The van der Waals surface area contributed by atoms with E-state index < -0.39 is 14.9 Å². The van der Waals surface area contributed by atoms with E-state index in [4.69, 9.17) is 11.6 Å². The largest absolute Gasteiger partial charge is 0.283 e. The number of hydrogen-bond acceptors (Lipinski definition) is 6. The van der Waals surface area contributed by atoms with Crippen LogP contribution in [0.1, 0.15) is 11.4 Å². The fourth-order valence-corrected chi connectivity index (χ4v) is 5.08. The van der Waals surface area contributed by atoms with Crippen LogP contribution in [-0.2, 0) is 10.0 Å². The average Bonchev–Trinajstić information content (AvgIpc) is 2.91. The molecule has 0 saturated carbocycles. The molecular formula is C17H14ClN3O4S2. The minimum atomic E-state index is -3.91. The Morgan fingerprint density at radius 3 is 2.37 bits per heavy atom. The molecule has 0 unspecified atom stereocenters. The van der Waals surface area contributed by atoms with Gasteiger partial charge in [0.25, 0.3) is 15.7 Å². The van der Waals surface area contributed by atoms with E-state index in [1.165, 1.54) is 30.3 Å². The first-order valence-electron chi connectivity index (χ1n) is 7.70. The lowest BCUT2D eigenvalue weighted by atomic mass is 10.3. The van der Waals surface area contributed by atoms with Crippen molar-refractivity contribution in [2.45, 2.75) is 28.5 Å². The lowest BCUT2D eigenvalue weighted by Crippen LogP contribution is -2.16. The number of nitro benzene ring substituents is 1. The molecule has 0 saturated heterocycles. The van der Waals surface area contributed by atoms with Gasteiger partial charge in [0.2, 0.25) is 0 Å². The molecule has 2 aromatic carbocycles. The Balaban J connectivity index is 2.06. The molecule has 0 N–H and O–H groups in total. The molecule has 0 aliphatic carbocycles. The Labute approximate surface area is 165 Å². The average molecular weight is 424 g/mol. The van der Waals surface area contributed by atoms with Gasteiger partial charge < -0.3 is 0 Å². The van der Waals surface area contributed by atoms with E-state index >= 15 is 0 Å². The second kappa shape index (κ2) is 7.34. The third-order valence-corrected chi connectivity index (χ3v) is 7.09. The Morgan fingerprint density at radius 2 is 1.74 bits per heavy atom. The van der Waals surface area contributed by atoms with Crippen molar-refractivity contribution in [2.75, 3.05) is 0 Å². The maximum Gasteiger partial charge on any atom is 0.283 e. The zero-order chi connectivity index (χ0) is 19.8. The fourth-order valence-electron chi connectivity index (χ4n) is 2.50. The lowest BCUT2D eigenvalue weighted by molar-refractivity contribution is -0.387. The lowest BCUT2D eigenvalue weighted by Gasteiger charge is -2.07. The van der Waals surface area contributed by atoms with Crippen LogP contribution >= 0.6 is 23.4 Å². The topological polar surface area (TPSA) is 95.1 Å². The van der Waals surface area contributed by atoms with E-state index in [9.17, 15) is 18.5 Å². The first kappa shape index (κ1) is 19.4. The first-order chi connectivity index (χ1) is 12.7. The quantitative estimate of drug-likeness (QED) is 0.444. The number of nitrogens with zero attached hydrogens (tertiary/aromatic N) is 3. The molecule has 0 aliphatic heterocycles. The standard InChI is InChI=1S/C17H14ClN3O4S2/c1-11-17(26-16-6-4-3-5-15(16)21(22)23)12(2)20(19-11)27(24,25)14-9-7-13(18)8-10-14/h3-10H,1-2H3.